The Labute approximate surface area is 181 Å². The summed E-state index contributed by atoms with van der Waals surface area (Å²) in [7, 11) is -3.61. The number of hydrogen-bond donors (Lipinski definition) is 2. The number of sulfonamides is 1. The Morgan fingerprint density at radius 3 is 2.58 bits per heavy atom. The van der Waals surface area contributed by atoms with Crippen LogP contribution in [0.3, 0.4) is 0 Å². The zero-order chi connectivity index (χ0) is 21.7. The number of morpholine rings is 1. The van der Waals surface area contributed by atoms with E-state index in [-0.39, 0.29) is 11.4 Å². The van der Waals surface area contributed by atoms with Crippen LogP contribution in [0.2, 0.25) is 0 Å². The van der Waals surface area contributed by atoms with Crippen molar-refractivity contribution in [2.75, 3.05) is 49.6 Å². The molecule has 0 spiro atoms. The van der Waals surface area contributed by atoms with Gasteiger partial charge in [0.25, 0.3) is 0 Å². The number of benzene rings is 1. The zero-order valence-electron chi connectivity index (χ0n) is 17.2. The van der Waals surface area contributed by atoms with Gasteiger partial charge in [-0.2, -0.15) is 5.10 Å². The van der Waals surface area contributed by atoms with Gasteiger partial charge >= 0.3 is 0 Å². The largest absolute Gasteiger partial charge is 0.378 e. The van der Waals surface area contributed by atoms with E-state index in [1.807, 2.05) is 19.1 Å². The third-order valence-electron chi connectivity index (χ3n) is 4.80. The number of aromatic nitrogens is 4. The van der Waals surface area contributed by atoms with Crippen LogP contribution in [-0.4, -0.2) is 67.6 Å². The highest BCUT2D eigenvalue weighted by Crippen LogP contribution is 2.17. The van der Waals surface area contributed by atoms with Crippen molar-refractivity contribution >= 4 is 21.7 Å². The van der Waals surface area contributed by atoms with Crippen LogP contribution in [-0.2, 0) is 14.8 Å². The van der Waals surface area contributed by atoms with Crippen molar-refractivity contribution in [1.29, 1.82) is 0 Å². The number of aryl methyl sites for hydroxylation is 1. The molecule has 0 aliphatic carbocycles. The van der Waals surface area contributed by atoms with Crippen molar-refractivity contribution in [3.8, 4) is 5.69 Å². The van der Waals surface area contributed by atoms with E-state index in [1.165, 1.54) is 0 Å². The first-order valence-corrected chi connectivity index (χ1v) is 11.5. The predicted molar refractivity (Wildman–Crippen MR) is 117 cm³/mol. The molecule has 10 nitrogen and oxygen atoms in total. The van der Waals surface area contributed by atoms with Gasteiger partial charge in [-0.05, 0) is 37.3 Å². The second kappa shape index (κ2) is 9.41. The standard InChI is InChI=1S/C20H25N7O3S/c1-16-24-19(15-20(25-16)26-11-13-30-14-12-26)21-8-9-23-31(28,29)18-5-3-17(4-6-18)27-10-2-7-22-27/h2-7,10,15,23H,8-9,11-14H2,1H3,(H,21,24,25). The number of nitrogens with zero attached hydrogens (tertiary/aromatic N) is 5. The van der Waals surface area contributed by atoms with Crippen LogP contribution in [0.4, 0.5) is 11.6 Å². The highest BCUT2D eigenvalue weighted by Gasteiger charge is 2.15. The average Bonchev–Trinajstić information content (AvgIpc) is 3.32. The molecule has 0 amide bonds. The molecular formula is C20H25N7O3S. The topological polar surface area (TPSA) is 114 Å². The minimum Gasteiger partial charge on any atom is -0.378 e. The van der Waals surface area contributed by atoms with E-state index in [0.717, 1.165) is 24.6 Å². The first kappa shape index (κ1) is 21.2. The van der Waals surface area contributed by atoms with E-state index < -0.39 is 10.0 Å². The van der Waals surface area contributed by atoms with Crippen molar-refractivity contribution < 1.29 is 13.2 Å². The van der Waals surface area contributed by atoms with Crippen LogP contribution in [0, 0.1) is 6.92 Å². The first-order valence-electron chi connectivity index (χ1n) is 10.0. The number of ether oxygens (including phenoxy) is 1. The number of anilines is 2. The summed E-state index contributed by atoms with van der Waals surface area (Å²) >= 11 is 0. The number of rotatable bonds is 8. The van der Waals surface area contributed by atoms with Gasteiger partial charge in [-0.3, -0.25) is 0 Å². The lowest BCUT2D eigenvalue weighted by Gasteiger charge is -2.28. The van der Waals surface area contributed by atoms with Gasteiger partial charge in [-0.15, -0.1) is 0 Å². The summed E-state index contributed by atoms with van der Waals surface area (Å²) in [5, 5.41) is 7.30. The van der Waals surface area contributed by atoms with Gasteiger partial charge in [0.05, 0.1) is 23.8 Å². The Hall–Kier alpha value is -3.02. The quantitative estimate of drug-likeness (QED) is 0.499. The minimum atomic E-state index is -3.61. The summed E-state index contributed by atoms with van der Waals surface area (Å²) < 4.78 is 34.8. The van der Waals surface area contributed by atoms with E-state index in [2.05, 4.69) is 30.0 Å². The molecule has 1 aliphatic heterocycles. The smallest absolute Gasteiger partial charge is 0.240 e. The predicted octanol–water partition coefficient (Wildman–Crippen LogP) is 1.20. The molecule has 0 saturated carbocycles. The molecule has 31 heavy (non-hydrogen) atoms. The van der Waals surface area contributed by atoms with E-state index in [1.54, 1.807) is 41.3 Å². The Bertz CT molecular complexity index is 1100. The van der Waals surface area contributed by atoms with Gasteiger partial charge < -0.3 is 15.0 Å². The molecule has 4 rings (SSSR count). The van der Waals surface area contributed by atoms with E-state index in [4.69, 9.17) is 4.74 Å². The maximum Gasteiger partial charge on any atom is 0.240 e. The second-order valence-electron chi connectivity index (χ2n) is 7.03. The molecule has 0 unspecified atom stereocenters. The van der Waals surface area contributed by atoms with Crippen molar-refractivity contribution in [3.63, 3.8) is 0 Å². The maximum absolute atomic E-state index is 12.6. The Morgan fingerprint density at radius 1 is 1.10 bits per heavy atom. The Kier molecular flexibility index (Phi) is 6.44. The summed E-state index contributed by atoms with van der Waals surface area (Å²) in [5.41, 5.74) is 0.792. The molecule has 2 N–H and O–H groups in total. The fourth-order valence-electron chi connectivity index (χ4n) is 3.26. The third-order valence-corrected chi connectivity index (χ3v) is 6.28. The summed E-state index contributed by atoms with van der Waals surface area (Å²) in [6.07, 6.45) is 3.47. The van der Waals surface area contributed by atoms with Crippen molar-refractivity contribution in [2.24, 2.45) is 0 Å². The molecule has 1 saturated heterocycles. The highest BCUT2D eigenvalue weighted by atomic mass is 32.2. The fraction of sp³-hybridized carbons (Fsp3) is 0.350. The van der Waals surface area contributed by atoms with Crippen LogP contribution in [0.25, 0.3) is 5.69 Å². The van der Waals surface area contributed by atoms with Crippen molar-refractivity contribution in [2.45, 2.75) is 11.8 Å². The molecule has 3 aromatic rings. The lowest BCUT2D eigenvalue weighted by molar-refractivity contribution is 0.122. The van der Waals surface area contributed by atoms with Gasteiger partial charge in [0.2, 0.25) is 10.0 Å². The van der Waals surface area contributed by atoms with Crippen LogP contribution < -0.4 is 14.9 Å². The maximum atomic E-state index is 12.6. The molecule has 3 heterocycles. The second-order valence-corrected chi connectivity index (χ2v) is 8.79. The van der Waals surface area contributed by atoms with Crippen LogP contribution in [0.5, 0.6) is 0 Å². The van der Waals surface area contributed by atoms with E-state index >= 15 is 0 Å². The Morgan fingerprint density at radius 2 is 1.87 bits per heavy atom. The molecule has 11 heteroatoms. The van der Waals surface area contributed by atoms with E-state index in [0.29, 0.717) is 31.4 Å². The highest BCUT2D eigenvalue weighted by molar-refractivity contribution is 7.89. The normalized spacial score (nSPS) is 14.5. The first-order chi connectivity index (χ1) is 15.0. The van der Waals surface area contributed by atoms with Gasteiger partial charge in [0.1, 0.15) is 17.5 Å². The lowest BCUT2D eigenvalue weighted by atomic mass is 10.3. The number of hydrogen-bond acceptors (Lipinski definition) is 8. The molecule has 164 valence electrons. The van der Waals surface area contributed by atoms with Gasteiger partial charge in [0, 0.05) is 44.6 Å². The van der Waals surface area contributed by atoms with Crippen LogP contribution in [0.15, 0.2) is 53.7 Å². The monoisotopic (exact) mass is 443 g/mol. The molecule has 2 aromatic heterocycles. The van der Waals surface area contributed by atoms with Crippen molar-refractivity contribution in [3.05, 3.63) is 54.6 Å². The molecule has 1 aliphatic rings. The van der Waals surface area contributed by atoms with Crippen LogP contribution in [0.1, 0.15) is 5.82 Å². The fourth-order valence-corrected chi connectivity index (χ4v) is 4.29. The summed E-state index contributed by atoms with van der Waals surface area (Å²) in [6.45, 7) is 5.38. The van der Waals surface area contributed by atoms with E-state index in [9.17, 15) is 8.42 Å². The summed E-state index contributed by atoms with van der Waals surface area (Å²) in [4.78, 5) is 11.2. The molecule has 1 fully saturated rings. The minimum absolute atomic E-state index is 0.205. The third kappa shape index (κ3) is 5.37. The summed E-state index contributed by atoms with van der Waals surface area (Å²) in [5.74, 6) is 2.16. The molecule has 0 atom stereocenters. The van der Waals surface area contributed by atoms with Gasteiger partial charge in [0.15, 0.2) is 0 Å². The molecule has 1 aromatic carbocycles. The lowest BCUT2D eigenvalue weighted by Crippen LogP contribution is -2.37. The number of nitrogens with one attached hydrogen (secondary N) is 2. The zero-order valence-corrected chi connectivity index (χ0v) is 18.0. The summed E-state index contributed by atoms with van der Waals surface area (Å²) in [6, 6.07) is 10.3. The van der Waals surface area contributed by atoms with Crippen LogP contribution >= 0.6 is 0 Å². The van der Waals surface area contributed by atoms with Crippen molar-refractivity contribution in [1.82, 2.24) is 24.5 Å². The molecule has 0 radical (unpaired) electrons. The average molecular weight is 444 g/mol. The molecular weight excluding hydrogens is 418 g/mol. The SMILES string of the molecule is Cc1nc(NCCNS(=O)(=O)c2ccc(-n3cccn3)cc2)cc(N2CCOCC2)n1. The van der Waals surface area contributed by atoms with Gasteiger partial charge in [-0.1, -0.05) is 0 Å². The Balaban J connectivity index is 1.32. The van der Waals surface area contributed by atoms with Gasteiger partial charge in [-0.25, -0.2) is 27.8 Å². The molecule has 0 bridgehead atoms.